The maximum absolute atomic E-state index is 13.0. The van der Waals surface area contributed by atoms with Crippen molar-refractivity contribution in [3.8, 4) is 10.6 Å². The van der Waals surface area contributed by atoms with E-state index in [1.54, 1.807) is 17.5 Å². The number of rotatable bonds is 6. The second kappa shape index (κ2) is 7.24. The zero-order valence-corrected chi connectivity index (χ0v) is 16.1. The molecule has 0 aliphatic heterocycles. The van der Waals surface area contributed by atoms with Crippen molar-refractivity contribution in [3.05, 3.63) is 52.9 Å². The van der Waals surface area contributed by atoms with Gasteiger partial charge in [-0.1, -0.05) is 19.0 Å². The molecule has 0 fully saturated rings. The fourth-order valence-electron chi connectivity index (χ4n) is 2.23. The standard InChI is InChI=1S/C17H18FN3O3S2/c1-10(2)15-20-16(24-21-15)11(3)26(22,23)9-14-8-25-17(19-14)12-4-6-13(18)7-5-12/h4-8,10-11H,9H2,1-3H3. The third kappa shape index (κ3) is 3.99. The lowest BCUT2D eigenvalue weighted by Gasteiger charge is -2.07. The first kappa shape index (κ1) is 18.7. The van der Waals surface area contributed by atoms with Crippen LogP contribution in [0.1, 0.15) is 49.3 Å². The van der Waals surface area contributed by atoms with Crippen LogP contribution in [0.15, 0.2) is 34.2 Å². The molecular weight excluding hydrogens is 377 g/mol. The van der Waals surface area contributed by atoms with E-state index in [0.717, 1.165) is 5.56 Å². The smallest absolute Gasteiger partial charge is 0.244 e. The number of halogens is 1. The van der Waals surface area contributed by atoms with Gasteiger partial charge in [0.2, 0.25) is 5.89 Å². The van der Waals surface area contributed by atoms with Gasteiger partial charge in [0, 0.05) is 16.9 Å². The van der Waals surface area contributed by atoms with E-state index in [1.165, 1.54) is 30.4 Å². The Morgan fingerprint density at radius 1 is 1.15 bits per heavy atom. The number of hydrogen-bond donors (Lipinski definition) is 0. The van der Waals surface area contributed by atoms with Crippen molar-refractivity contribution in [3.63, 3.8) is 0 Å². The predicted octanol–water partition coefficient (Wildman–Crippen LogP) is 4.13. The number of benzene rings is 1. The molecule has 0 N–H and O–H groups in total. The van der Waals surface area contributed by atoms with Crippen molar-refractivity contribution >= 4 is 21.2 Å². The van der Waals surface area contributed by atoms with Crippen LogP contribution in [0.25, 0.3) is 10.6 Å². The van der Waals surface area contributed by atoms with Gasteiger partial charge in [0.05, 0.1) is 11.4 Å². The van der Waals surface area contributed by atoms with Crippen LogP contribution in [-0.4, -0.2) is 23.5 Å². The highest BCUT2D eigenvalue weighted by Gasteiger charge is 2.29. The molecule has 1 atom stereocenters. The highest BCUT2D eigenvalue weighted by molar-refractivity contribution is 7.90. The average molecular weight is 395 g/mol. The van der Waals surface area contributed by atoms with Gasteiger partial charge in [-0.05, 0) is 31.2 Å². The van der Waals surface area contributed by atoms with E-state index in [4.69, 9.17) is 4.52 Å². The SMILES string of the molecule is CC(C)c1noc(C(C)S(=O)(=O)Cc2csc(-c3ccc(F)cc3)n2)n1. The summed E-state index contributed by atoms with van der Waals surface area (Å²) in [6.07, 6.45) is 0. The summed E-state index contributed by atoms with van der Waals surface area (Å²) in [6, 6.07) is 5.91. The van der Waals surface area contributed by atoms with E-state index in [0.29, 0.717) is 16.5 Å². The van der Waals surface area contributed by atoms with Crippen LogP contribution < -0.4 is 0 Å². The van der Waals surface area contributed by atoms with E-state index in [-0.39, 0.29) is 23.4 Å². The maximum atomic E-state index is 13.0. The Labute approximate surface area is 155 Å². The third-order valence-electron chi connectivity index (χ3n) is 3.85. The molecule has 0 aliphatic carbocycles. The number of aromatic nitrogens is 3. The number of hydrogen-bond acceptors (Lipinski definition) is 7. The number of sulfone groups is 1. The Morgan fingerprint density at radius 2 is 1.85 bits per heavy atom. The molecule has 0 radical (unpaired) electrons. The van der Waals surface area contributed by atoms with Gasteiger partial charge in [-0.15, -0.1) is 11.3 Å². The van der Waals surface area contributed by atoms with Gasteiger partial charge in [0.15, 0.2) is 15.7 Å². The molecule has 0 amide bonds. The fourth-order valence-corrected chi connectivity index (χ4v) is 4.37. The molecule has 0 saturated carbocycles. The molecule has 3 aromatic rings. The van der Waals surface area contributed by atoms with E-state index in [1.807, 2.05) is 13.8 Å². The molecule has 2 aromatic heterocycles. The lowest BCUT2D eigenvalue weighted by atomic mass is 10.2. The molecule has 2 heterocycles. The van der Waals surface area contributed by atoms with E-state index < -0.39 is 15.1 Å². The summed E-state index contributed by atoms with van der Waals surface area (Å²) in [5, 5.41) is 5.23. The minimum absolute atomic E-state index is 0.0548. The van der Waals surface area contributed by atoms with Crippen LogP contribution in [0, 0.1) is 5.82 Å². The van der Waals surface area contributed by atoms with Crippen molar-refractivity contribution < 1.29 is 17.3 Å². The lowest BCUT2D eigenvalue weighted by molar-refractivity contribution is 0.369. The Bertz CT molecular complexity index is 994. The van der Waals surface area contributed by atoms with Crippen LogP contribution in [-0.2, 0) is 15.6 Å². The Hall–Kier alpha value is -2.13. The molecule has 1 aromatic carbocycles. The number of thiazole rings is 1. The van der Waals surface area contributed by atoms with Crippen LogP contribution in [0.5, 0.6) is 0 Å². The van der Waals surface area contributed by atoms with Crippen molar-refractivity contribution in [1.82, 2.24) is 15.1 Å². The maximum Gasteiger partial charge on any atom is 0.244 e. The molecule has 3 rings (SSSR count). The first-order chi connectivity index (χ1) is 12.3. The van der Waals surface area contributed by atoms with Crippen LogP contribution in [0.4, 0.5) is 4.39 Å². The summed E-state index contributed by atoms with van der Waals surface area (Å²) in [6.45, 7) is 5.33. The van der Waals surface area contributed by atoms with E-state index in [2.05, 4.69) is 15.1 Å². The minimum atomic E-state index is -3.57. The topological polar surface area (TPSA) is 86.0 Å². The van der Waals surface area contributed by atoms with Crippen molar-refractivity contribution in [2.24, 2.45) is 0 Å². The molecule has 0 aliphatic rings. The first-order valence-electron chi connectivity index (χ1n) is 8.01. The van der Waals surface area contributed by atoms with Gasteiger partial charge in [0.1, 0.15) is 16.1 Å². The zero-order chi connectivity index (χ0) is 18.9. The summed E-state index contributed by atoms with van der Waals surface area (Å²) in [7, 11) is -3.57. The van der Waals surface area contributed by atoms with Gasteiger partial charge in [-0.25, -0.2) is 17.8 Å². The molecule has 1 unspecified atom stereocenters. The van der Waals surface area contributed by atoms with Crippen LogP contribution >= 0.6 is 11.3 Å². The first-order valence-corrected chi connectivity index (χ1v) is 10.6. The normalized spacial score (nSPS) is 13.3. The van der Waals surface area contributed by atoms with Gasteiger partial charge < -0.3 is 4.52 Å². The molecule has 26 heavy (non-hydrogen) atoms. The summed E-state index contributed by atoms with van der Waals surface area (Å²) in [5.74, 6) is 0.0593. The lowest BCUT2D eigenvalue weighted by Crippen LogP contribution is -2.13. The molecule has 0 saturated heterocycles. The highest BCUT2D eigenvalue weighted by Crippen LogP contribution is 2.28. The summed E-state index contributed by atoms with van der Waals surface area (Å²) < 4.78 is 43.4. The second-order valence-corrected chi connectivity index (χ2v) is 9.43. The van der Waals surface area contributed by atoms with Gasteiger partial charge in [-0.3, -0.25) is 0 Å². The van der Waals surface area contributed by atoms with E-state index in [9.17, 15) is 12.8 Å². The molecule has 0 bridgehead atoms. The van der Waals surface area contributed by atoms with Crippen LogP contribution in [0.3, 0.4) is 0 Å². The fraction of sp³-hybridized carbons (Fsp3) is 0.353. The van der Waals surface area contributed by atoms with Crippen LogP contribution in [0.2, 0.25) is 0 Å². The Kier molecular flexibility index (Phi) is 5.19. The number of nitrogens with zero attached hydrogens (tertiary/aromatic N) is 3. The molecule has 6 nitrogen and oxygen atoms in total. The largest absolute Gasteiger partial charge is 0.338 e. The van der Waals surface area contributed by atoms with E-state index >= 15 is 0 Å². The van der Waals surface area contributed by atoms with Crippen molar-refractivity contribution in [2.75, 3.05) is 0 Å². The zero-order valence-electron chi connectivity index (χ0n) is 14.5. The summed E-state index contributed by atoms with van der Waals surface area (Å²) in [5.41, 5.74) is 1.18. The van der Waals surface area contributed by atoms with Crippen molar-refractivity contribution in [1.29, 1.82) is 0 Å². The monoisotopic (exact) mass is 395 g/mol. The Balaban J connectivity index is 1.77. The quantitative estimate of drug-likeness (QED) is 0.624. The average Bonchev–Trinajstić information content (AvgIpc) is 3.24. The summed E-state index contributed by atoms with van der Waals surface area (Å²) >= 11 is 1.32. The summed E-state index contributed by atoms with van der Waals surface area (Å²) in [4.78, 5) is 8.52. The molecular formula is C17H18FN3O3S2. The molecule has 138 valence electrons. The minimum Gasteiger partial charge on any atom is -0.338 e. The predicted molar refractivity (Wildman–Crippen MR) is 96.9 cm³/mol. The molecule has 0 spiro atoms. The highest BCUT2D eigenvalue weighted by atomic mass is 32.2. The second-order valence-electron chi connectivity index (χ2n) is 6.25. The van der Waals surface area contributed by atoms with Gasteiger partial charge in [0.25, 0.3) is 0 Å². The van der Waals surface area contributed by atoms with Crippen molar-refractivity contribution in [2.45, 2.75) is 37.7 Å². The van der Waals surface area contributed by atoms with Gasteiger partial charge in [-0.2, -0.15) is 4.98 Å². The third-order valence-corrected chi connectivity index (χ3v) is 6.77. The van der Waals surface area contributed by atoms with Gasteiger partial charge >= 0.3 is 0 Å². The Morgan fingerprint density at radius 3 is 2.46 bits per heavy atom. The molecule has 9 heteroatoms.